The Kier molecular flexibility index (Phi) is 8.05. The summed E-state index contributed by atoms with van der Waals surface area (Å²) in [5.41, 5.74) is 9.86. The van der Waals surface area contributed by atoms with Crippen LogP contribution in [0.25, 0.3) is 16.9 Å². The number of likely N-dealkylation sites (tertiary alicyclic amines) is 2. The van der Waals surface area contributed by atoms with Gasteiger partial charge in [0.2, 0.25) is 5.95 Å². The number of benzene rings is 1. The first-order valence-electron chi connectivity index (χ1n) is 14.8. The van der Waals surface area contributed by atoms with E-state index < -0.39 is 5.82 Å². The summed E-state index contributed by atoms with van der Waals surface area (Å²) in [6.45, 7) is 16.7. The molecule has 0 unspecified atom stereocenters. The Hall–Kier alpha value is -3.17. The number of piperidine rings is 1. The van der Waals surface area contributed by atoms with Crippen molar-refractivity contribution < 1.29 is 9.13 Å². The maximum atomic E-state index is 16.2. The third-order valence-electron chi connectivity index (χ3n) is 9.13. The Bertz CT molecular complexity index is 1360. The molecule has 2 aliphatic rings. The number of nitrogens with zero attached hydrogens (tertiary/aromatic N) is 5. The first kappa shape index (κ1) is 29.3. The van der Waals surface area contributed by atoms with Crippen LogP contribution in [0.4, 0.5) is 16.2 Å². The highest BCUT2D eigenvalue weighted by atomic mass is 19.1. The van der Waals surface area contributed by atoms with Crippen LogP contribution < -0.4 is 15.8 Å². The van der Waals surface area contributed by atoms with Gasteiger partial charge in [0.25, 0.3) is 0 Å². The van der Waals surface area contributed by atoms with E-state index in [0.717, 1.165) is 55.3 Å². The minimum Gasteiger partial charge on any atom is -0.490 e. The van der Waals surface area contributed by atoms with Gasteiger partial charge in [0.05, 0.1) is 5.69 Å². The van der Waals surface area contributed by atoms with Crippen LogP contribution in [0, 0.1) is 19.7 Å². The van der Waals surface area contributed by atoms with E-state index in [-0.39, 0.29) is 34.6 Å². The third-order valence-corrected chi connectivity index (χ3v) is 9.13. The van der Waals surface area contributed by atoms with E-state index in [9.17, 15) is 0 Å². The molecule has 5 rings (SSSR count). The molecule has 222 valence electrons. The highest BCUT2D eigenvalue weighted by Crippen LogP contribution is 2.39. The SMILES string of the molecule is Cc1ccc(C)n1-c1cc(-c2nc(N)nc(NC3CC(C)(C)N(C)C(C)(C)C3)c2F)ccc1OCCN1CCCC1. The second-order valence-corrected chi connectivity index (χ2v) is 13.1. The van der Waals surface area contributed by atoms with Crippen molar-refractivity contribution in [2.24, 2.45) is 0 Å². The maximum absolute atomic E-state index is 16.2. The Balaban J connectivity index is 1.47. The van der Waals surface area contributed by atoms with Gasteiger partial charge in [0, 0.05) is 40.6 Å². The largest absolute Gasteiger partial charge is 0.490 e. The van der Waals surface area contributed by atoms with Gasteiger partial charge >= 0.3 is 0 Å². The average molecular weight is 564 g/mol. The normalized spacial score (nSPS) is 19.5. The number of nitrogen functional groups attached to an aromatic ring is 1. The molecule has 0 aliphatic carbocycles. The van der Waals surface area contributed by atoms with Crippen LogP contribution in [0.1, 0.15) is 64.8 Å². The topological polar surface area (TPSA) is 84.5 Å². The molecule has 0 saturated carbocycles. The van der Waals surface area contributed by atoms with Gasteiger partial charge in [-0.05, 0) is 118 Å². The molecule has 8 nitrogen and oxygen atoms in total. The predicted octanol–water partition coefficient (Wildman–Crippen LogP) is 5.81. The smallest absolute Gasteiger partial charge is 0.222 e. The second kappa shape index (κ2) is 11.2. The zero-order chi connectivity index (χ0) is 29.5. The van der Waals surface area contributed by atoms with Crippen LogP contribution in [0.2, 0.25) is 0 Å². The van der Waals surface area contributed by atoms with E-state index in [1.54, 1.807) is 0 Å². The van der Waals surface area contributed by atoms with E-state index in [2.05, 4.69) is 90.4 Å². The zero-order valence-electron chi connectivity index (χ0n) is 25.7. The van der Waals surface area contributed by atoms with Gasteiger partial charge in [0.1, 0.15) is 18.1 Å². The summed E-state index contributed by atoms with van der Waals surface area (Å²) in [7, 11) is 2.16. The second-order valence-electron chi connectivity index (χ2n) is 13.1. The lowest BCUT2D eigenvalue weighted by molar-refractivity contribution is -0.00777. The monoisotopic (exact) mass is 563 g/mol. The first-order valence-corrected chi connectivity index (χ1v) is 14.8. The molecule has 1 aromatic carbocycles. The van der Waals surface area contributed by atoms with Crippen molar-refractivity contribution >= 4 is 11.8 Å². The summed E-state index contributed by atoms with van der Waals surface area (Å²) < 4.78 is 24.6. The fourth-order valence-corrected chi connectivity index (χ4v) is 6.72. The van der Waals surface area contributed by atoms with Crippen LogP contribution in [0.15, 0.2) is 30.3 Å². The van der Waals surface area contributed by atoms with Gasteiger partial charge in [-0.2, -0.15) is 4.98 Å². The van der Waals surface area contributed by atoms with Crippen LogP contribution in [-0.4, -0.2) is 74.7 Å². The number of nitrogens with two attached hydrogens (primary N) is 1. The average Bonchev–Trinajstić information content (AvgIpc) is 3.53. The van der Waals surface area contributed by atoms with Gasteiger partial charge in [-0.1, -0.05) is 0 Å². The zero-order valence-corrected chi connectivity index (χ0v) is 25.7. The van der Waals surface area contributed by atoms with Crippen molar-refractivity contribution in [3.63, 3.8) is 0 Å². The third kappa shape index (κ3) is 6.06. The fraction of sp³-hybridized carbons (Fsp3) is 0.562. The fourth-order valence-electron chi connectivity index (χ4n) is 6.72. The van der Waals surface area contributed by atoms with Crippen molar-refractivity contribution in [1.29, 1.82) is 0 Å². The minimum atomic E-state index is -0.497. The number of rotatable bonds is 8. The van der Waals surface area contributed by atoms with Crippen LogP contribution >= 0.6 is 0 Å². The number of aryl methyl sites for hydroxylation is 2. The van der Waals surface area contributed by atoms with Crippen molar-refractivity contribution in [3.8, 4) is 22.7 Å². The molecule has 0 atom stereocenters. The Morgan fingerprint density at radius 3 is 2.27 bits per heavy atom. The van der Waals surface area contributed by atoms with E-state index in [1.807, 2.05) is 18.2 Å². The van der Waals surface area contributed by atoms with Crippen molar-refractivity contribution in [1.82, 2.24) is 24.3 Å². The van der Waals surface area contributed by atoms with Gasteiger partial charge in [0.15, 0.2) is 11.6 Å². The van der Waals surface area contributed by atoms with Crippen molar-refractivity contribution in [2.75, 3.05) is 44.3 Å². The molecule has 3 N–H and O–H groups in total. The van der Waals surface area contributed by atoms with Crippen molar-refractivity contribution in [3.05, 3.63) is 47.5 Å². The van der Waals surface area contributed by atoms with Crippen LogP contribution in [0.5, 0.6) is 5.75 Å². The van der Waals surface area contributed by atoms with Gasteiger partial charge in [-0.3, -0.25) is 9.80 Å². The summed E-state index contributed by atoms with van der Waals surface area (Å²) in [5, 5.41) is 3.39. The van der Waals surface area contributed by atoms with Crippen LogP contribution in [0.3, 0.4) is 0 Å². The van der Waals surface area contributed by atoms with Gasteiger partial charge in [-0.25, -0.2) is 9.37 Å². The van der Waals surface area contributed by atoms with E-state index in [0.29, 0.717) is 12.2 Å². The summed E-state index contributed by atoms with van der Waals surface area (Å²) in [4.78, 5) is 13.5. The Morgan fingerprint density at radius 2 is 1.63 bits per heavy atom. The summed E-state index contributed by atoms with van der Waals surface area (Å²) in [5.74, 6) is 0.445. The van der Waals surface area contributed by atoms with Crippen LogP contribution in [-0.2, 0) is 0 Å². The number of hydrogen-bond donors (Lipinski definition) is 2. The molecule has 0 spiro atoms. The molecule has 3 aromatic rings. The number of halogens is 1. The van der Waals surface area contributed by atoms with E-state index in [4.69, 9.17) is 10.5 Å². The van der Waals surface area contributed by atoms with E-state index >= 15 is 4.39 Å². The molecule has 41 heavy (non-hydrogen) atoms. The summed E-state index contributed by atoms with van der Waals surface area (Å²) in [6, 6.07) is 9.92. The lowest BCUT2D eigenvalue weighted by Crippen LogP contribution is -2.61. The predicted molar refractivity (Wildman–Crippen MR) is 164 cm³/mol. The highest BCUT2D eigenvalue weighted by molar-refractivity contribution is 5.70. The first-order chi connectivity index (χ1) is 19.4. The molecule has 2 aliphatic heterocycles. The summed E-state index contributed by atoms with van der Waals surface area (Å²) >= 11 is 0. The Morgan fingerprint density at radius 1 is 1.00 bits per heavy atom. The summed E-state index contributed by atoms with van der Waals surface area (Å²) in [6.07, 6.45) is 4.20. The number of ether oxygens (including phenoxy) is 1. The highest BCUT2D eigenvalue weighted by Gasteiger charge is 2.43. The molecular weight excluding hydrogens is 517 g/mol. The van der Waals surface area contributed by atoms with Gasteiger partial charge < -0.3 is 20.4 Å². The van der Waals surface area contributed by atoms with E-state index in [1.165, 1.54) is 12.8 Å². The number of anilines is 2. The quantitative estimate of drug-likeness (QED) is 0.358. The number of nitrogens with one attached hydrogen (secondary N) is 1. The molecule has 0 radical (unpaired) electrons. The molecular formula is C32H46FN7O. The number of aromatic nitrogens is 3. The minimum absolute atomic E-state index is 0.0381. The lowest BCUT2D eigenvalue weighted by Gasteiger charge is -2.53. The molecule has 2 fully saturated rings. The molecule has 9 heteroatoms. The van der Waals surface area contributed by atoms with Crippen molar-refractivity contribution in [2.45, 2.75) is 84.3 Å². The molecule has 4 heterocycles. The Labute approximate surface area is 244 Å². The standard InChI is InChI=1S/C32H46FN7O/c1-21-10-11-22(2)40(21)25-18-23(12-13-26(25)41-17-16-39-14-8-9-15-39)28-27(33)29(37-30(34)36-28)35-24-19-31(3,4)38(7)32(5,6)20-24/h10-13,18,24H,8-9,14-17,19-20H2,1-7H3,(H3,34,35,36,37). The number of hydrogen-bond acceptors (Lipinski definition) is 7. The molecule has 0 amide bonds. The maximum Gasteiger partial charge on any atom is 0.222 e. The molecule has 2 saturated heterocycles. The van der Waals surface area contributed by atoms with Gasteiger partial charge in [-0.15, -0.1) is 0 Å². The molecule has 2 aromatic heterocycles. The molecule has 0 bridgehead atoms. The lowest BCUT2D eigenvalue weighted by atomic mass is 9.77.